The smallest absolute Gasteiger partial charge is 0.254 e. The summed E-state index contributed by atoms with van der Waals surface area (Å²) in [7, 11) is 1.57. The summed E-state index contributed by atoms with van der Waals surface area (Å²) >= 11 is 12.2. The van der Waals surface area contributed by atoms with E-state index in [2.05, 4.69) is 17.1 Å². The van der Waals surface area contributed by atoms with Crippen LogP contribution in [0.4, 0.5) is 0 Å². The maximum absolute atomic E-state index is 12.1. The van der Waals surface area contributed by atoms with Crippen LogP contribution in [0, 0.1) is 0 Å². The van der Waals surface area contributed by atoms with Gasteiger partial charge in [0.2, 0.25) is 0 Å². The fourth-order valence-electron chi connectivity index (χ4n) is 3.35. The Bertz CT molecular complexity index is 1010. The number of hydrogen-bond donors (Lipinski definition) is 1. The summed E-state index contributed by atoms with van der Waals surface area (Å²) in [4.78, 5) is 14.2. The van der Waals surface area contributed by atoms with Crippen molar-refractivity contribution in [2.45, 2.75) is 13.0 Å². The van der Waals surface area contributed by atoms with Crippen LogP contribution in [0.5, 0.6) is 11.5 Å². The third-order valence-corrected chi connectivity index (χ3v) is 5.59. The number of allylic oxidation sites excluding steroid dienone is 1. The number of benzene rings is 2. The fourth-order valence-corrected chi connectivity index (χ4v) is 3.81. The number of halogens is 2. The average molecular weight is 492 g/mol. The highest BCUT2D eigenvalue weighted by Crippen LogP contribution is 2.34. The summed E-state index contributed by atoms with van der Waals surface area (Å²) in [6.45, 7) is 7.12. The molecule has 0 spiro atoms. The Morgan fingerprint density at radius 3 is 2.73 bits per heavy atom. The van der Waals surface area contributed by atoms with Crippen LogP contribution in [0.3, 0.4) is 0 Å². The van der Waals surface area contributed by atoms with Gasteiger partial charge >= 0.3 is 0 Å². The lowest BCUT2D eigenvalue weighted by Gasteiger charge is -2.25. The zero-order valence-electron chi connectivity index (χ0n) is 18.5. The van der Waals surface area contributed by atoms with E-state index in [1.807, 2.05) is 17.0 Å². The molecule has 7 nitrogen and oxygen atoms in total. The average Bonchev–Trinajstić information content (AvgIpc) is 2.80. The Morgan fingerprint density at radius 1 is 1.24 bits per heavy atom. The maximum atomic E-state index is 12.1. The minimum absolute atomic E-state index is 0.175. The van der Waals surface area contributed by atoms with E-state index in [-0.39, 0.29) is 19.1 Å². The van der Waals surface area contributed by atoms with Crippen LogP contribution in [0.15, 0.2) is 48.1 Å². The van der Waals surface area contributed by atoms with Crippen LogP contribution < -0.4 is 14.9 Å². The number of hydrazone groups is 1. The van der Waals surface area contributed by atoms with Gasteiger partial charge in [-0.25, -0.2) is 5.43 Å². The second-order valence-corrected chi connectivity index (χ2v) is 8.25. The van der Waals surface area contributed by atoms with E-state index in [1.165, 1.54) is 0 Å². The third-order valence-electron chi connectivity index (χ3n) is 5.00. The summed E-state index contributed by atoms with van der Waals surface area (Å²) in [6.07, 6.45) is 3.92. The van der Waals surface area contributed by atoms with Crippen molar-refractivity contribution < 1.29 is 19.0 Å². The minimum atomic E-state index is -0.175. The van der Waals surface area contributed by atoms with Gasteiger partial charge in [0.1, 0.15) is 6.61 Å². The second kappa shape index (κ2) is 12.6. The van der Waals surface area contributed by atoms with Gasteiger partial charge in [0.05, 0.1) is 33.1 Å². The monoisotopic (exact) mass is 491 g/mol. The van der Waals surface area contributed by atoms with Crippen molar-refractivity contribution in [3.63, 3.8) is 0 Å². The van der Waals surface area contributed by atoms with Crippen LogP contribution >= 0.6 is 23.2 Å². The molecule has 0 atom stereocenters. The molecule has 33 heavy (non-hydrogen) atoms. The molecular formula is C24H27Cl2N3O4. The number of amides is 1. The zero-order valence-corrected chi connectivity index (χ0v) is 20.0. The fraction of sp³-hybridized carbons (Fsp3) is 0.333. The quantitative estimate of drug-likeness (QED) is 0.307. The lowest BCUT2D eigenvalue weighted by atomic mass is 10.1. The van der Waals surface area contributed by atoms with Gasteiger partial charge in [0.25, 0.3) is 5.91 Å². The van der Waals surface area contributed by atoms with Gasteiger partial charge in [-0.05, 0) is 36.2 Å². The number of morpholine rings is 1. The summed E-state index contributed by atoms with van der Waals surface area (Å²) in [5, 5.41) is 5.19. The number of nitrogens with one attached hydrogen (secondary N) is 1. The standard InChI is InChI=1S/C24H27Cl2N3O4/c1-3-4-18-11-17(14-27-28-23(30)15-29-7-9-32-10-8-29)12-22(31-2)24(18)33-16-19-5-6-20(25)13-21(19)26/h3,5-6,11-14H,1,4,7-10,15-16H2,2H3,(H,28,30)/b27-14+. The van der Waals surface area contributed by atoms with Crippen molar-refractivity contribution >= 4 is 35.3 Å². The number of methoxy groups -OCH3 is 1. The molecule has 1 saturated heterocycles. The molecule has 2 aromatic rings. The van der Waals surface area contributed by atoms with Gasteiger partial charge in [-0.2, -0.15) is 5.10 Å². The molecular weight excluding hydrogens is 465 g/mol. The van der Waals surface area contributed by atoms with Crippen LogP contribution in [0.2, 0.25) is 10.0 Å². The van der Waals surface area contributed by atoms with Crippen LogP contribution in [-0.4, -0.2) is 57.0 Å². The number of nitrogens with zero attached hydrogens (tertiary/aromatic N) is 2. The van der Waals surface area contributed by atoms with Crippen molar-refractivity contribution in [2.24, 2.45) is 5.10 Å². The van der Waals surface area contributed by atoms with Gasteiger partial charge in [-0.15, -0.1) is 6.58 Å². The van der Waals surface area contributed by atoms with E-state index in [9.17, 15) is 4.79 Å². The molecule has 2 aromatic carbocycles. The Balaban J connectivity index is 1.70. The Kier molecular flexibility index (Phi) is 9.57. The number of rotatable bonds is 10. The summed E-state index contributed by atoms with van der Waals surface area (Å²) in [5.74, 6) is 0.962. The molecule has 1 aliphatic rings. The Morgan fingerprint density at radius 2 is 2.03 bits per heavy atom. The molecule has 0 aliphatic carbocycles. The van der Waals surface area contributed by atoms with Gasteiger partial charge in [0.15, 0.2) is 11.5 Å². The largest absolute Gasteiger partial charge is 0.493 e. The predicted molar refractivity (Wildman–Crippen MR) is 131 cm³/mol. The second-order valence-electron chi connectivity index (χ2n) is 7.41. The highest BCUT2D eigenvalue weighted by molar-refractivity contribution is 6.35. The van der Waals surface area contributed by atoms with E-state index in [0.717, 1.165) is 29.8 Å². The van der Waals surface area contributed by atoms with E-state index < -0.39 is 0 Å². The van der Waals surface area contributed by atoms with E-state index in [0.29, 0.717) is 41.2 Å². The summed E-state index contributed by atoms with van der Waals surface area (Å²) in [5.41, 5.74) is 5.00. The lowest BCUT2D eigenvalue weighted by molar-refractivity contribution is -0.123. The van der Waals surface area contributed by atoms with E-state index >= 15 is 0 Å². The molecule has 0 radical (unpaired) electrons. The summed E-state index contributed by atoms with van der Waals surface area (Å²) < 4.78 is 16.9. The van der Waals surface area contributed by atoms with Crippen molar-refractivity contribution in [2.75, 3.05) is 40.0 Å². The summed E-state index contributed by atoms with van der Waals surface area (Å²) in [6, 6.07) is 8.98. The molecule has 3 rings (SSSR count). The number of ether oxygens (including phenoxy) is 3. The van der Waals surface area contributed by atoms with Crippen molar-refractivity contribution in [3.05, 3.63) is 69.7 Å². The Labute approximate surface area is 203 Å². The number of carbonyl (C=O) groups excluding carboxylic acids is 1. The first kappa shape index (κ1) is 25.1. The molecule has 1 aliphatic heterocycles. The first-order chi connectivity index (χ1) is 16.0. The van der Waals surface area contributed by atoms with E-state index in [1.54, 1.807) is 37.6 Å². The number of hydrogen-bond acceptors (Lipinski definition) is 6. The van der Waals surface area contributed by atoms with E-state index in [4.69, 9.17) is 37.4 Å². The molecule has 0 saturated carbocycles. The first-order valence-corrected chi connectivity index (χ1v) is 11.3. The van der Waals surface area contributed by atoms with Gasteiger partial charge in [0, 0.05) is 34.3 Å². The highest BCUT2D eigenvalue weighted by atomic mass is 35.5. The maximum Gasteiger partial charge on any atom is 0.254 e. The minimum Gasteiger partial charge on any atom is -0.493 e. The predicted octanol–water partition coefficient (Wildman–Crippen LogP) is 4.09. The molecule has 1 N–H and O–H groups in total. The molecule has 176 valence electrons. The van der Waals surface area contributed by atoms with Crippen molar-refractivity contribution in [1.82, 2.24) is 10.3 Å². The molecule has 0 bridgehead atoms. The van der Waals surface area contributed by atoms with Crippen LogP contribution in [0.1, 0.15) is 16.7 Å². The molecule has 1 heterocycles. The SMILES string of the molecule is C=CCc1cc(/C=N/NC(=O)CN2CCOCC2)cc(OC)c1OCc1ccc(Cl)cc1Cl. The van der Waals surface area contributed by atoms with Crippen molar-refractivity contribution in [3.8, 4) is 11.5 Å². The molecule has 0 unspecified atom stereocenters. The van der Waals surface area contributed by atoms with Gasteiger partial charge < -0.3 is 14.2 Å². The lowest BCUT2D eigenvalue weighted by Crippen LogP contribution is -2.42. The first-order valence-electron chi connectivity index (χ1n) is 10.5. The van der Waals surface area contributed by atoms with Crippen molar-refractivity contribution in [1.29, 1.82) is 0 Å². The topological polar surface area (TPSA) is 72.4 Å². The molecule has 9 heteroatoms. The Hall–Kier alpha value is -2.58. The zero-order chi connectivity index (χ0) is 23.6. The van der Waals surface area contributed by atoms with Gasteiger partial charge in [-0.3, -0.25) is 9.69 Å². The van der Waals surface area contributed by atoms with Gasteiger partial charge in [-0.1, -0.05) is 35.3 Å². The highest BCUT2D eigenvalue weighted by Gasteiger charge is 2.15. The third kappa shape index (κ3) is 7.47. The molecule has 1 fully saturated rings. The molecule has 1 amide bonds. The molecule has 0 aromatic heterocycles. The van der Waals surface area contributed by atoms with Crippen LogP contribution in [-0.2, 0) is 22.6 Å². The van der Waals surface area contributed by atoms with Crippen LogP contribution in [0.25, 0.3) is 0 Å². The normalized spacial score (nSPS) is 14.3. The number of carbonyl (C=O) groups is 1.